The van der Waals surface area contributed by atoms with Crippen LogP contribution < -0.4 is 5.32 Å². The van der Waals surface area contributed by atoms with Crippen molar-refractivity contribution in [2.75, 3.05) is 19.6 Å². The normalized spacial score (nSPS) is 16.1. The molecule has 2 aromatic rings. The minimum Gasteiger partial charge on any atom is -0.451 e. The number of hydrogen-bond donors (Lipinski definition) is 1. The first-order valence-electron chi connectivity index (χ1n) is 7.90. The number of hydrogen-bond acceptors (Lipinski definition) is 3. The highest BCUT2D eigenvalue weighted by atomic mass is 79.9. The van der Waals surface area contributed by atoms with E-state index in [-0.39, 0.29) is 5.91 Å². The number of nitrogens with zero attached hydrogens (tertiary/aromatic N) is 1. The molecule has 0 atom stereocenters. The van der Waals surface area contributed by atoms with Crippen molar-refractivity contribution in [1.29, 1.82) is 0 Å². The van der Waals surface area contributed by atoms with Gasteiger partial charge in [0.05, 0.1) is 0 Å². The van der Waals surface area contributed by atoms with Gasteiger partial charge in [0.2, 0.25) is 0 Å². The first kappa shape index (κ1) is 15.6. The van der Waals surface area contributed by atoms with Crippen LogP contribution in [0.25, 0.3) is 11.0 Å². The lowest BCUT2D eigenvalue weighted by atomic mass is 10.0. The van der Waals surface area contributed by atoms with E-state index in [9.17, 15) is 4.79 Å². The quantitative estimate of drug-likeness (QED) is 0.897. The smallest absolute Gasteiger partial charge is 0.289 e. The number of amides is 1. The van der Waals surface area contributed by atoms with Crippen molar-refractivity contribution in [1.82, 2.24) is 10.2 Å². The number of halogens is 1. The number of nitrogens with one attached hydrogen (secondary N) is 1. The molecular weight excluding hydrogens is 344 g/mol. The van der Waals surface area contributed by atoms with E-state index in [0.29, 0.717) is 11.8 Å². The Hall–Kier alpha value is -1.33. The van der Waals surface area contributed by atoms with Crippen molar-refractivity contribution < 1.29 is 9.21 Å². The molecule has 1 N–H and O–H groups in total. The monoisotopic (exact) mass is 364 g/mol. The summed E-state index contributed by atoms with van der Waals surface area (Å²) in [7, 11) is 0. The van der Waals surface area contributed by atoms with Crippen LogP contribution in [0, 0.1) is 0 Å². The standard InChI is InChI=1S/C17H21BrN2O2/c1-2-9-20(14-5-7-19-8-6-14)17(21)16-11-12-10-13(18)3-4-15(12)22-16/h3-4,10-11,14,19H,2,5-9H2,1H3. The molecule has 5 heteroatoms. The fourth-order valence-corrected chi connectivity index (χ4v) is 3.45. The van der Waals surface area contributed by atoms with Gasteiger partial charge in [-0.2, -0.15) is 0 Å². The third-order valence-electron chi connectivity index (χ3n) is 4.16. The summed E-state index contributed by atoms with van der Waals surface area (Å²) in [5.74, 6) is 0.459. The third kappa shape index (κ3) is 3.20. The summed E-state index contributed by atoms with van der Waals surface area (Å²) in [6, 6.07) is 7.96. The van der Waals surface area contributed by atoms with Gasteiger partial charge in [0, 0.05) is 22.4 Å². The van der Waals surface area contributed by atoms with E-state index in [2.05, 4.69) is 28.2 Å². The Morgan fingerprint density at radius 2 is 2.14 bits per heavy atom. The summed E-state index contributed by atoms with van der Waals surface area (Å²) in [4.78, 5) is 14.9. The molecule has 1 aromatic heterocycles. The topological polar surface area (TPSA) is 45.5 Å². The Kier molecular flexibility index (Phi) is 4.84. The van der Waals surface area contributed by atoms with Gasteiger partial charge in [-0.1, -0.05) is 22.9 Å². The summed E-state index contributed by atoms with van der Waals surface area (Å²) < 4.78 is 6.76. The van der Waals surface area contributed by atoms with Gasteiger partial charge in [-0.05, 0) is 56.6 Å². The Bertz CT molecular complexity index is 662. The van der Waals surface area contributed by atoms with Gasteiger partial charge >= 0.3 is 0 Å². The maximum absolute atomic E-state index is 12.9. The van der Waals surface area contributed by atoms with Crippen molar-refractivity contribution in [2.45, 2.75) is 32.2 Å². The molecule has 1 fully saturated rings. The van der Waals surface area contributed by atoms with Gasteiger partial charge in [-0.3, -0.25) is 4.79 Å². The van der Waals surface area contributed by atoms with E-state index in [0.717, 1.165) is 54.3 Å². The van der Waals surface area contributed by atoms with Gasteiger partial charge in [0.15, 0.2) is 5.76 Å². The Balaban J connectivity index is 1.87. The van der Waals surface area contributed by atoms with Gasteiger partial charge in [0.25, 0.3) is 5.91 Å². The Morgan fingerprint density at radius 3 is 2.86 bits per heavy atom. The lowest BCUT2D eigenvalue weighted by molar-refractivity contribution is 0.0612. The fraction of sp³-hybridized carbons (Fsp3) is 0.471. The van der Waals surface area contributed by atoms with Crippen LogP contribution in [-0.4, -0.2) is 36.5 Å². The van der Waals surface area contributed by atoms with Crippen LogP contribution >= 0.6 is 15.9 Å². The summed E-state index contributed by atoms with van der Waals surface area (Å²) in [5, 5.41) is 4.31. The summed E-state index contributed by atoms with van der Waals surface area (Å²) in [6.07, 6.45) is 2.98. The molecule has 0 radical (unpaired) electrons. The zero-order valence-corrected chi connectivity index (χ0v) is 14.4. The number of fused-ring (bicyclic) bond motifs is 1. The van der Waals surface area contributed by atoms with E-state index in [1.54, 1.807) is 0 Å². The molecular formula is C17H21BrN2O2. The number of benzene rings is 1. The number of carbonyl (C=O) groups excluding carboxylic acids is 1. The van der Waals surface area contributed by atoms with Crippen molar-refractivity contribution in [2.24, 2.45) is 0 Å². The SMILES string of the molecule is CCCN(C(=O)c1cc2cc(Br)ccc2o1)C1CCNCC1. The number of piperidine rings is 1. The lowest BCUT2D eigenvalue weighted by Crippen LogP contribution is -2.46. The van der Waals surface area contributed by atoms with Crippen LogP contribution in [0.1, 0.15) is 36.7 Å². The molecule has 1 aliphatic heterocycles. The zero-order valence-electron chi connectivity index (χ0n) is 12.8. The highest BCUT2D eigenvalue weighted by molar-refractivity contribution is 9.10. The minimum absolute atomic E-state index is 0.0149. The van der Waals surface area contributed by atoms with Crippen molar-refractivity contribution >= 4 is 32.8 Å². The van der Waals surface area contributed by atoms with Crippen LogP contribution in [-0.2, 0) is 0 Å². The van der Waals surface area contributed by atoms with Gasteiger partial charge in [-0.15, -0.1) is 0 Å². The van der Waals surface area contributed by atoms with Crippen LogP contribution in [0.2, 0.25) is 0 Å². The van der Waals surface area contributed by atoms with Crippen LogP contribution in [0.3, 0.4) is 0 Å². The second-order valence-electron chi connectivity index (χ2n) is 5.77. The summed E-state index contributed by atoms with van der Waals surface area (Å²) in [6.45, 7) is 4.85. The average molecular weight is 365 g/mol. The highest BCUT2D eigenvalue weighted by Crippen LogP contribution is 2.25. The molecule has 1 saturated heterocycles. The first-order valence-corrected chi connectivity index (χ1v) is 8.69. The van der Waals surface area contributed by atoms with E-state index < -0.39 is 0 Å². The van der Waals surface area contributed by atoms with Crippen molar-refractivity contribution in [3.05, 3.63) is 34.5 Å². The molecule has 1 amide bonds. The van der Waals surface area contributed by atoms with Gasteiger partial charge in [0.1, 0.15) is 5.58 Å². The largest absolute Gasteiger partial charge is 0.451 e. The third-order valence-corrected chi connectivity index (χ3v) is 4.66. The highest BCUT2D eigenvalue weighted by Gasteiger charge is 2.27. The molecule has 1 aromatic carbocycles. The van der Waals surface area contributed by atoms with Crippen LogP contribution in [0.5, 0.6) is 0 Å². The van der Waals surface area contributed by atoms with E-state index in [4.69, 9.17) is 4.42 Å². The maximum atomic E-state index is 12.9. The summed E-state index contributed by atoms with van der Waals surface area (Å²) >= 11 is 3.45. The molecule has 0 unspecified atom stereocenters. The van der Waals surface area contributed by atoms with E-state index >= 15 is 0 Å². The first-order chi connectivity index (χ1) is 10.7. The number of furan rings is 1. The lowest BCUT2D eigenvalue weighted by Gasteiger charge is -2.34. The fourth-order valence-electron chi connectivity index (χ4n) is 3.07. The Labute approximate surface area is 139 Å². The predicted octanol–water partition coefficient (Wildman–Crippen LogP) is 3.80. The molecule has 118 valence electrons. The van der Waals surface area contributed by atoms with Gasteiger partial charge in [-0.25, -0.2) is 0 Å². The summed E-state index contributed by atoms with van der Waals surface area (Å²) in [5.41, 5.74) is 0.758. The number of rotatable bonds is 4. The molecule has 3 rings (SSSR count). The molecule has 4 nitrogen and oxygen atoms in total. The molecule has 0 saturated carbocycles. The molecule has 2 heterocycles. The average Bonchev–Trinajstić information content (AvgIpc) is 2.96. The van der Waals surface area contributed by atoms with E-state index in [1.165, 1.54) is 0 Å². The van der Waals surface area contributed by atoms with Gasteiger partial charge < -0.3 is 14.6 Å². The molecule has 1 aliphatic rings. The predicted molar refractivity (Wildman–Crippen MR) is 91.1 cm³/mol. The Morgan fingerprint density at radius 1 is 1.36 bits per heavy atom. The minimum atomic E-state index is 0.0149. The molecule has 22 heavy (non-hydrogen) atoms. The van der Waals surface area contributed by atoms with Crippen LogP contribution in [0.4, 0.5) is 0 Å². The maximum Gasteiger partial charge on any atom is 0.289 e. The van der Waals surface area contributed by atoms with Crippen molar-refractivity contribution in [3.63, 3.8) is 0 Å². The second-order valence-corrected chi connectivity index (χ2v) is 6.69. The molecule has 0 bridgehead atoms. The van der Waals surface area contributed by atoms with Crippen LogP contribution in [0.15, 0.2) is 33.2 Å². The number of carbonyl (C=O) groups is 1. The van der Waals surface area contributed by atoms with E-state index in [1.807, 2.05) is 29.2 Å². The molecule has 0 spiro atoms. The zero-order chi connectivity index (χ0) is 15.5. The molecule has 0 aliphatic carbocycles. The second kappa shape index (κ2) is 6.84. The van der Waals surface area contributed by atoms with Crippen molar-refractivity contribution in [3.8, 4) is 0 Å².